The first-order chi connectivity index (χ1) is 37.5. The highest BCUT2D eigenvalue weighted by molar-refractivity contribution is 5.71. The molecule has 0 fully saturated rings. The number of rotatable bonds is 56. The van der Waals surface area contributed by atoms with Crippen molar-refractivity contribution in [2.24, 2.45) is 0 Å². The first-order valence-corrected chi connectivity index (χ1v) is 31.5. The van der Waals surface area contributed by atoms with E-state index in [0.29, 0.717) is 19.3 Å². The van der Waals surface area contributed by atoms with Crippen molar-refractivity contribution in [3.05, 3.63) is 122 Å². The van der Waals surface area contributed by atoms with Gasteiger partial charge in [-0.3, -0.25) is 14.4 Å². The predicted octanol–water partition coefficient (Wildman–Crippen LogP) is 21.6. The van der Waals surface area contributed by atoms with Gasteiger partial charge in [0.1, 0.15) is 13.2 Å². The maximum atomic E-state index is 12.9. The molecule has 0 spiro atoms. The number of esters is 3. The monoisotopic (exact) mass is 1050 g/mol. The lowest BCUT2D eigenvalue weighted by Crippen LogP contribution is -2.30. The van der Waals surface area contributed by atoms with Crippen LogP contribution in [0.1, 0.15) is 284 Å². The molecule has 6 heteroatoms. The number of unbranched alkanes of at least 4 members (excludes halogenated alkanes) is 25. The number of allylic oxidation sites excluding steroid dienone is 20. The van der Waals surface area contributed by atoms with Crippen molar-refractivity contribution in [2.45, 2.75) is 290 Å². The van der Waals surface area contributed by atoms with Crippen LogP contribution < -0.4 is 0 Å². The number of hydrogen-bond donors (Lipinski definition) is 0. The summed E-state index contributed by atoms with van der Waals surface area (Å²) in [6.45, 7) is 6.39. The number of carbonyl (C=O) groups excluding carboxylic acids is 3. The molecule has 0 heterocycles. The summed E-state index contributed by atoms with van der Waals surface area (Å²) in [6, 6.07) is 0. The van der Waals surface area contributed by atoms with Gasteiger partial charge in [0.2, 0.25) is 0 Å². The van der Waals surface area contributed by atoms with Gasteiger partial charge in [-0.15, -0.1) is 0 Å². The molecular formula is C70H116O6. The van der Waals surface area contributed by atoms with Crippen LogP contribution in [0.2, 0.25) is 0 Å². The van der Waals surface area contributed by atoms with Gasteiger partial charge < -0.3 is 14.2 Å². The number of ether oxygens (including phenoxy) is 3. The molecule has 0 aliphatic carbocycles. The van der Waals surface area contributed by atoms with Crippen LogP contribution in [0, 0.1) is 0 Å². The molecule has 0 aliphatic rings. The molecular weight excluding hydrogens is 937 g/mol. The van der Waals surface area contributed by atoms with Gasteiger partial charge in [0.25, 0.3) is 0 Å². The molecule has 0 saturated carbocycles. The van der Waals surface area contributed by atoms with Gasteiger partial charge in [-0.25, -0.2) is 0 Å². The Morgan fingerprint density at radius 2 is 0.513 bits per heavy atom. The zero-order valence-electron chi connectivity index (χ0n) is 49.5. The first-order valence-electron chi connectivity index (χ1n) is 31.5. The molecule has 1 unspecified atom stereocenters. The van der Waals surface area contributed by atoms with Crippen LogP contribution in [-0.2, 0) is 28.6 Å². The van der Waals surface area contributed by atoms with Crippen molar-refractivity contribution in [3.8, 4) is 0 Å². The molecule has 0 aromatic carbocycles. The van der Waals surface area contributed by atoms with Crippen molar-refractivity contribution in [1.29, 1.82) is 0 Å². The minimum atomic E-state index is -0.799. The second-order valence-corrected chi connectivity index (χ2v) is 20.5. The van der Waals surface area contributed by atoms with Crippen LogP contribution >= 0.6 is 0 Å². The summed E-state index contributed by atoms with van der Waals surface area (Å²) in [6.07, 6.45) is 87.7. The Labute approximate surface area is 469 Å². The molecule has 0 aromatic heterocycles. The second-order valence-electron chi connectivity index (χ2n) is 20.5. The first kappa shape index (κ1) is 71.8. The summed E-state index contributed by atoms with van der Waals surface area (Å²) < 4.78 is 16.9. The average Bonchev–Trinajstić information content (AvgIpc) is 3.42. The molecule has 0 amide bonds. The molecule has 0 radical (unpaired) electrons. The van der Waals surface area contributed by atoms with Gasteiger partial charge in [0.15, 0.2) is 6.10 Å². The van der Waals surface area contributed by atoms with Gasteiger partial charge in [0, 0.05) is 19.3 Å². The van der Waals surface area contributed by atoms with Crippen molar-refractivity contribution >= 4 is 17.9 Å². The van der Waals surface area contributed by atoms with Crippen molar-refractivity contribution in [2.75, 3.05) is 13.2 Å². The van der Waals surface area contributed by atoms with Crippen LogP contribution in [0.3, 0.4) is 0 Å². The van der Waals surface area contributed by atoms with Gasteiger partial charge in [-0.2, -0.15) is 0 Å². The largest absolute Gasteiger partial charge is 0.462 e. The van der Waals surface area contributed by atoms with Crippen LogP contribution in [0.4, 0.5) is 0 Å². The highest BCUT2D eigenvalue weighted by Gasteiger charge is 2.19. The summed E-state index contributed by atoms with van der Waals surface area (Å²) in [5.41, 5.74) is 0. The van der Waals surface area contributed by atoms with Crippen molar-refractivity contribution in [3.63, 3.8) is 0 Å². The van der Waals surface area contributed by atoms with E-state index in [4.69, 9.17) is 14.2 Å². The fraction of sp³-hybridized carbons (Fsp3) is 0.671. The molecule has 1 atom stereocenters. The molecule has 0 aromatic rings. The molecule has 0 rings (SSSR count). The zero-order chi connectivity index (χ0) is 55.0. The molecule has 432 valence electrons. The molecule has 0 saturated heterocycles. The maximum absolute atomic E-state index is 12.9. The Bertz CT molecular complexity index is 1590. The van der Waals surface area contributed by atoms with Gasteiger partial charge in [-0.05, 0) is 128 Å². The Balaban J connectivity index is 4.42. The van der Waals surface area contributed by atoms with Gasteiger partial charge in [-0.1, -0.05) is 258 Å². The van der Waals surface area contributed by atoms with E-state index in [1.54, 1.807) is 0 Å². The summed E-state index contributed by atoms with van der Waals surface area (Å²) in [5.74, 6) is -0.926. The quantitative estimate of drug-likeness (QED) is 0.0261. The Hall–Kier alpha value is -4.19. The van der Waals surface area contributed by atoms with Crippen LogP contribution in [-0.4, -0.2) is 37.2 Å². The number of carbonyl (C=O) groups is 3. The normalized spacial score (nSPS) is 12.9. The molecule has 76 heavy (non-hydrogen) atoms. The van der Waals surface area contributed by atoms with Crippen LogP contribution in [0.5, 0.6) is 0 Å². The third-order valence-corrected chi connectivity index (χ3v) is 13.2. The smallest absolute Gasteiger partial charge is 0.306 e. The lowest BCUT2D eigenvalue weighted by Gasteiger charge is -2.18. The second kappa shape index (κ2) is 63.3. The molecule has 0 bridgehead atoms. The summed E-state index contributed by atoms with van der Waals surface area (Å²) in [7, 11) is 0. The van der Waals surface area contributed by atoms with Gasteiger partial charge >= 0.3 is 17.9 Å². The average molecular weight is 1050 g/mol. The Morgan fingerprint density at radius 3 is 0.816 bits per heavy atom. The predicted molar refractivity (Wildman–Crippen MR) is 330 cm³/mol. The highest BCUT2D eigenvalue weighted by atomic mass is 16.6. The summed E-state index contributed by atoms with van der Waals surface area (Å²) in [4.78, 5) is 38.3. The maximum Gasteiger partial charge on any atom is 0.306 e. The topological polar surface area (TPSA) is 78.9 Å². The van der Waals surface area contributed by atoms with Crippen LogP contribution in [0.15, 0.2) is 122 Å². The van der Waals surface area contributed by atoms with Gasteiger partial charge in [0.05, 0.1) is 0 Å². The summed E-state index contributed by atoms with van der Waals surface area (Å²) >= 11 is 0. The van der Waals surface area contributed by atoms with E-state index in [1.165, 1.54) is 96.3 Å². The Kier molecular flexibility index (Phi) is 59.9. The molecule has 0 N–H and O–H groups in total. The third-order valence-electron chi connectivity index (χ3n) is 13.2. The van der Waals surface area contributed by atoms with Crippen LogP contribution in [0.25, 0.3) is 0 Å². The van der Waals surface area contributed by atoms with Crippen molar-refractivity contribution < 1.29 is 28.6 Å². The molecule has 0 aliphatic heterocycles. The van der Waals surface area contributed by atoms with E-state index < -0.39 is 6.10 Å². The number of hydrogen-bond acceptors (Lipinski definition) is 6. The fourth-order valence-corrected chi connectivity index (χ4v) is 8.51. The minimum Gasteiger partial charge on any atom is -0.462 e. The van der Waals surface area contributed by atoms with E-state index in [0.717, 1.165) is 148 Å². The minimum absolute atomic E-state index is 0.0954. The SMILES string of the molecule is CC/C=C\C/C=C\C/C=C\C/C=C\C/C=C\C/C=C\CCCCCCCCC(=O)OCC(COC(=O)CCCCCCC/C=C\C/C=C\C/C=C\CC)OC(=O)CCCCCCCCC/C=C\CCCCCCCCC. The van der Waals surface area contributed by atoms with E-state index >= 15 is 0 Å². The third kappa shape index (κ3) is 60.7. The Morgan fingerprint density at radius 1 is 0.276 bits per heavy atom. The highest BCUT2D eigenvalue weighted by Crippen LogP contribution is 2.15. The standard InChI is InChI=1S/C70H116O6/c1-4-7-10-13-16-19-22-25-28-30-32-33-34-35-36-37-38-40-42-45-48-51-54-57-60-63-69(72)75-66-67(65-74-68(71)62-59-56-53-50-47-44-41-27-24-21-18-15-12-9-6-3)76-70(73)64-61-58-55-52-49-46-43-39-31-29-26-23-20-17-14-11-8-5-2/h7,9-10,12,16,18-19,21,25,27-29,31-33,35-36,38,40-41,67H,4-6,8,11,13-15,17,20,22-24,26,30,34,37,39,42-66H2,1-3H3/b10-7-,12-9-,19-16-,21-18-,28-25-,31-29-,33-32-,36-35-,40-38-,41-27-. The van der Waals surface area contributed by atoms with E-state index in [-0.39, 0.29) is 31.1 Å². The van der Waals surface area contributed by atoms with Crippen molar-refractivity contribution in [1.82, 2.24) is 0 Å². The molecule has 6 nitrogen and oxygen atoms in total. The zero-order valence-corrected chi connectivity index (χ0v) is 49.5. The van der Waals surface area contributed by atoms with E-state index in [2.05, 4.69) is 142 Å². The lowest BCUT2D eigenvalue weighted by molar-refractivity contribution is -0.167. The van der Waals surface area contributed by atoms with E-state index in [1.807, 2.05) is 0 Å². The fourth-order valence-electron chi connectivity index (χ4n) is 8.51. The lowest BCUT2D eigenvalue weighted by atomic mass is 10.1. The summed E-state index contributed by atoms with van der Waals surface area (Å²) in [5, 5.41) is 0. The van der Waals surface area contributed by atoms with E-state index in [9.17, 15) is 14.4 Å².